The van der Waals surface area contributed by atoms with Crippen LogP contribution in [0.3, 0.4) is 0 Å². The summed E-state index contributed by atoms with van der Waals surface area (Å²) in [4.78, 5) is 25.9. The second-order valence-electron chi connectivity index (χ2n) is 4.80. The van der Waals surface area contributed by atoms with Gasteiger partial charge in [0, 0.05) is 12.6 Å². The zero-order valence-corrected chi connectivity index (χ0v) is 11.8. The predicted octanol–water partition coefficient (Wildman–Crippen LogP) is 2.93. The third kappa shape index (κ3) is 2.79. The van der Waals surface area contributed by atoms with Gasteiger partial charge in [0.1, 0.15) is 0 Å². The van der Waals surface area contributed by atoms with Gasteiger partial charge in [0.25, 0.3) is 5.91 Å². The SMILES string of the molecule is Cc1ccc(C(=O)C(C)N(C)C(=O)c2ccco2)cc1. The van der Waals surface area contributed by atoms with E-state index < -0.39 is 6.04 Å². The highest BCUT2D eigenvalue weighted by atomic mass is 16.3. The monoisotopic (exact) mass is 271 g/mol. The van der Waals surface area contributed by atoms with Crippen LogP contribution < -0.4 is 0 Å². The summed E-state index contributed by atoms with van der Waals surface area (Å²) in [7, 11) is 1.60. The van der Waals surface area contributed by atoms with Gasteiger partial charge in [0.2, 0.25) is 0 Å². The number of Topliss-reactive ketones (excluding diaryl/α,β-unsaturated/α-hetero) is 1. The second kappa shape index (κ2) is 5.74. The molecule has 1 unspecified atom stereocenters. The van der Waals surface area contributed by atoms with Gasteiger partial charge in [0.05, 0.1) is 12.3 Å². The summed E-state index contributed by atoms with van der Waals surface area (Å²) in [5.74, 6) is -0.161. The Labute approximate surface area is 118 Å². The molecule has 0 spiro atoms. The molecular formula is C16H17NO3. The molecule has 0 fully saturated rings. The van der Waals surface area contributed by atoms with Gasteiger partial charge in [-0.3, -0.25) is 9.59 Å². The van der Waals surface area contributed by atoms with Gasteiger partial charge in [-0.15, -0.1) is 0 Å². The number of benzene rings is 1. The van der Waals surface area contributed by atoms with Crippen molar-refractivity contribution < 1.29 is 14.0 Å². The maximum Gasteiger partial charge on any atom is 0.289 e. The first-order valence-electron chi connectivity index (χ1n) is 6.42. The topological polar surface area (TPSA) is 50.5 Å². The summed E-state index contributed by atoms with van der Waals surface area (Å²) in [5.41, 5.74) is 1.69. The molecule has 0 aliphatic heterocycles. The van der Waals surface area contributed by atoms with E-state index in [0.29, 0.717) is 5.56 Å². The molecule has 0 radical (unpaired) electrons. The van der Waals surface area contributed by atoms with Crippen LogP contribution in [0.15, 0.2) is 47.1 Å². The van der Waals surface area contributed by atoms with Crippen molar-refractivity contribution >= 4 is 11.7 Å². The zero-order chi connectivity index (χ0) is 14.7. The van der Waals surface area contributed by atoms with Crippen molar-refractivity contribution in [1.29, 1.82) is 0 Å². The van der Waals surface area contributed by atoms with Gasteiger partial charge in [-0.2, -0.15) is 0 Å². The van der Waals surface area contributed by atoms with E-state index in [1.165, 1.54) is 11.2 Å². The number of rotatable bonds is 4. The van der Waals surface area contributed by atoms with Gasteiger partial charge in [-0.05, 0) is 26.0 Å². The first-order valence-corrected chi connectivity index (χ1v) is 6.42. The molecule has 0 bridgehead atoms. The first kappa shape index (κ1) is 14.1. The molecule has 0 N–H and O–H groups in total. The van der Waals surface area contributed by atoms with Crippen LogP contribution in [-0.2, 0) is 0 Å². The summed E-state index contributed by atoms with van der Waals surface area (Å²) < 4.78 is 5.07. The van der Waals surface area contributed by atoms with Crippen LogP contribution in [0.25, 0.3) is 0 Å². The first-order chi connectivity index (χ1) is 9.50. The van der Waals surface area contributed by atoms with Crippen LogP contribution in [0, 0.1) is 6.92 Å². The van der Waals surface area contributed by atoms with Crippen molar-refractivity contribution in [3.05, 3.63) is 59.5 Å². The van der Waals surface area contributed by atoms with Gasteiger partial charge < -0.3 is 9.32 Å². The highest BCUT2D eigenvalue weighted by Crippen LogP contribution is 2.12. The third-order valence-corrected chi connectivity index (χ3v) is 3.35. The number of ketones is 1. The van der Waals surface area contributed by atoms with E-state index in [1.807, 2.05) is 19.1 Å². The zero-order valence-electron chi connectivity index (χ0n) is 11.8. The number of hydrogen-bond acceptors (Lipinski definition) is 3. The molecule has 2 rings (SSSR count). The number of carbonyl (C=O) groups is 2. The molecule has 20 heavy (non-hydrogen) atoms. The third-order valence-electron chi connectivity index (χ3n) is 3.35. The molecule has 1 heterocycles. The Kier molecular flexibility index (Phi) is 4.03. The van der Waals surface area contributed by atoms with Crippen molar-refractivity contribution in [1.82, 2.24) is 4.90 Å². The lowest BCUT2D eigenvalue weighted by atomic mass is 10.0. The molecule has 1 atom stereocenters. The number of carbonyl (C=O) groups excluding carboxylic acids is 2. The number of furan rings is 1. The van der Waals surface area contributed by atoms with E-state index in [2.05, 4.69) is 0 Å². The normalized spacial score (nSPS) is 11.9. The Balaban J connectivity index is 2.14. The Morgan fingerprint density at radius 1 is 1.15 bits per heavy atom. The summed E-state index contributed by atoms with van der Waals surface area (Å²) in [6.45, 7) is 3.67. The van der Waals surface area contributed by atoms with Crippen LogP contribution in [0.2, 0.25) is 0 Å². The number of aryl methyl sites for hydroxylation is 1. The van der Waals surface area contributed by atoms with Gasteiger partial charge in [-0.25, -0.2) is 0 Å². The minimum Gasteiger partial charge on any atom is -0.459 e. The quantitative estimate of drug-likeness (QED) is 0.803. The smallest absolute Gasteiger partial charge is 0.289 e. The van der Waals surface area contributed by atoms with E-state index in [4.69, 9.17) is 4.42 Å². The molecule has 0 aliphatic rings. The minimum atomic E-state index is -0.546. The number of hydrogen-bond donors (Lipinski definition) is 0. The Bertz CT molecular complexity index is 599. The Hall–Kier alpha value is -2.36. The van der Waals surface area contributed by atoms with E-state index in [9.17, 15) is 9.59 Å². The molecule has 0 saturated carbocycles. The molecule has 2 aromatic rings. The van der Waals surface area contributed by atoms with Crippen molar-refractivity contribution in [2.75, 3.05) is 7.05 Å². The Morgan fingerprint density at radius 2 is 1.80 bits per heavy atom. The molecule has 4 heteroatoms. The molecule has 1 aromatic carbocycles. The summed E-state index contributed by atoms with van der Waals surface area (Å²) >= 11 is 0. The predicted molar refractivity (Wildman–Crippen MR) is 75.8 cm³/mol. The largest absolute Gasteiger partial charge is 0.459 e. The van der Waals surface area contributed by atoms with Crippen LogP contribution in [0.1, 0.15) is 33.4 Å². The number of nitrogens with zero attached hydrogens (tertiary/aromatic N) is 1. The summed E-state index contributed by atoms with van der Waals surface area (Å²) in [5, 5.41) is 0. The average Bonchev–Trinajstić information content (AvgIpc) is 2.99. The average molecular weight is 271 g/mol. The van der Waals surface area contributed by atoms with Crippen molar-refractivity contribution in [3.63, 3.8) is 0 Å². The van der Waals surface area contributed by atoms with E-state index in [1.54, 1.807) is 38.2 Å². The van der Waals surface area contributed by atoms with E-state index in [0.717, 1.165) is 5.56 Å². The fourth-order valence-electron chi connectivity index (χ4n) is 1.88. The minimum absolute atomic E-state index is 0.0904. The van der Waals surface area contributed by atoms with Crippen molar-refractivity contribution in [3.8, 4) is 0 Å². The lowest BCUT2D eigenvalue weighted by molar-refractivity contribution is 0.0651. The fraction of sp³-hybridized carbons (Fsp3) is 0.250. The van der Waals surface area contributed by atoms with Crippen molar-refractivity contribution in [2.24, 2.45) is 0 Å². The lowest BCUT2D eigenvalue weighted by Gasteiger charge is -2.23. The number of amides is 1. The second-order valence-corrected chi connectivity index (χ2v) is 4.80. The maximum atomic E-state index is 12.3. The van der Waals surface area contributed by atoms with Crippen LogP contribution in [-0.4, -0.2) is 29.7 Å². The van der Waals surface area contributed by atoms with Gasteiger partial charge in [0.15, 0.2) is 11.5 Å². The Morgan fingerprint density at radius 3 is 2.35 bits per heavy atom. The highest BCUT2D eigenvalue weighted by Gasteiger charge is 2.25. The molecule has 4 nitrogen and oxygen atoms in total. The number of likely N-dealkylation sites (N-methyl/N-ethyl adjacent to an activating group) is 1. The van der Waals surface area contributed by atoms with Gasteiger partial charge in [-0.1, -0.05) is 29.8 Å². The lowest BCUT2D eigenvalue weighted by Crippen LogP contribution is -2.40. The van der Waals surface area contributed by atoms with Crippen LogP contribution >= 0.6 is 0 Å². The maximum absolute atomic E-state index is 12.3. The van der Waals surface area contributed by atoms with Crippen molar-refractivity contribution in [2.45, 2.75) is 19.9 Å². The van der Waals surface area contributed by atoms with Crippen LogP contribution in [0.4, 0.5) is 0 Å². The summed E-state index contributed by atoms with van der Waals surface area (Å²) in [6, 6.07) is 10.0. The van der Waals surface area contributed by atoms with E-state index >= 15 is 0 Å². The molecule has 1 aromatic heterocycles. The molecular weight excluding hydrogens is 254 g/mol. The fourth-order valence-corrected chi connectivity index (χ4v) is 1.88. The van der Waals surface area contributed by atoms with E-state index in [-0.39, 0.29) is 17.5 Å². The van der Waals surface area contributed by atoms with Crippen LogP contribution in [0.5, 0.6) is 0 Å². The standard InChI is InChI=1S/C16H17NO3/c1-11-6-8-13(9-7-11)15(18)12(2)17(3)16(19)14-5-4-10-20-14/h4-10,12H,1-3H3. The highest BCUT2D eigenvalue weighted by molar-refractivity contribution is 6.03. The molecule has 1 amide bonds. The molecule has 0 saturated heterocycles. The van der Waals surface area contributed by atoms with Gasteiger partial charge >= 0.3 is 0 Å². The summed E-state index contributed by atoms with van der Waals surface area (Å²) in [6.07, 6.45) is 1.44. The molecule has 104 valence electrons. The molecule has 0 aliphatic carbocycles.